The molecule has 0 unspecified atom stereocenters. The van der Waals surface area contributed by atoms with Crippen molar-refractivity contribution < 1.29 is 14.3 Å². The van der Waals surface area contributed by atoms with Crippen LogP contribution in [0.15, 0.2) is 0 Å². The van der Waals surface area contributed by atoms with Crippen molar-refractivity contribution in [3.05, 3.63) is 0 Å². The van der Waals surface area contributed by atoms with Gasteiger partial charge in [0.2, 0.25) is 0 Å². The van der Waals surface area contributed by atoms with Crippen LogP contribution in [0.2, 0.25) is 0 Å². The molecule has 0 radical (unpaired) electrons. The minimum absolute atomic E-state index is 0.259. The molecule has 1 N–H and O–H groups in total. The zero-order valence-electron chi connectivity index (χ0n) is 15.5. The number of carbonyl (C=O) groups is 1. The second kappa shape index (κ2) is 10.9. The highest BCUT2D eigenvalue weighted by atomic mass is 16.6. The van der Waals surface area contributed by atoms with Gasteiger partial charge in [-0.05, 0) is 46.1 Å². The number of hydrogen-bond donors (Lipinski definition) is 1. The fraction of sp³-hybridized carbons (Fsp3) is 0.944. The summed E-state index contributed by atoms with van der Waals surface area (Å²) in [7, 11) is 1.65. The van der Waals surface area contributed by atoms with Crippen LogP contribution in [0.5, 0.6) is 0 Å². The number of nitrogens with one attached hydrogen (secondary N) is 1. The van der Waals surface area contributed by atoms with Gasteiger partial charge in [0.25, 0.3) is 0 Å². The van der Waals surface area contributed by atoms with Crippen LogP contribution in [0.4, 0.5) is 4.79 Å². The number of nitrogens with zero attached hydrogens (tertiary/aromatic N) is 1. The molecule has 1 aliphatic rings. The maximum Gasteiger partial charge on any atom is 0.410 e. The highest BCUT2D eigenvalue weighted by Crippen LogP contribution is 2.21. The van der Waals surface area contributed by atoms with Gasteiger partial charge in [0.1, 0.15) is 5.60 Å². The average molecular weight is 328 g/mol. The molecule has 0 saturated heterocycles. The van der Waals surface area contributed by atoms with Crippen LogP contribution in [0.3, 0.4) is 0 Å². The maximum atomic E-state index is 12.2. The Bertz CT molecular complexity index is 321. The first-order chi connectivity index (χ1) is 10.9. The van der Waals surface area contributed by atoms with E-state index in [0.717, 1.165) is 19.0 Å². The fourth-order valence-electron chi connectivity index (χ4n) is 2.91. The Morgan fingerprint density at radius 3 is 2.35 bits per heavy atom. The second-order valence-electron chi connectivity index (χ2n) is 7.52. The zero-order chi connectivity index (χ0) is 17.1. The van der Waals surface area contributed by atoms with E-state index in [4.69, 9.17) is 9.47 Å². The summed E-state index contributed by atoms with van der Waals surface area (Å²) in [5.41, 5.74) is -0.462. The monoisotopic (exact) mass is 328 g/mol. The highest BCUT2D eigenvalue weighted by Gasteiger charge is 2.21. The molecule has 1 rings (SSSR count). The van der Waals surface area contributed by atoms with E-state index in [1.807, 2.05) is 20.8 Å². The van der Waals surface area contributed by atoms with Crippen LogP contribution < -0.4 is 5.32 Å². The molecule has 0 aromatic rings. The minimum Gasteiger partial charge on any atom is -0.444 e. The van der Waals surface area contributed by atoms with Gasteiger partial charge in [0, 0.05) is 26.7 Å². The summed E-state index contributed by atoms with van der Waals surface area (Å²) in [6.07, 6.45) is 7.93. The van der Waals surface area contributed by atoms with E-state index < -0.39 is 5.60 Å². The summed E-state index contributed by atoms with van der Waals surface area (Å²) < 4.78 is 10.6. The van der Waals surface area contributed by atoms with E-state index in [1.54, 1.807) is 12.0 Å². The number of ether oxygens (including phenoxy) is 2. The summed E-state index contributed by atoms with van der Waals surface area (Å²) in [6.45, 7) is 9.30. The normalized spacial score (nSPS) is 16.9. The summed E-state index contributed by atoms with van der Waals surface area (Å²) in [5, 5.41) is 3.52. The molecule has 1 fully saturated rings. The molecule has 5 heteroatoms. The Morgan fingerprint density at radius 1 is 1.13 bits per heavy atom. The molecule has 1 aliphatic carbocycles. The van der Waals surface area contributed by atoms with Crippen LogP contribution in [0.1, 0.15) is 59.3 Å². The topological polar surface area (TPSA) is 50.8 Å². The maximum absolute atomic E-state index is 12.2. The molecular weight excluding hydrogens is 292 g/mol. The summed E-state index contributed by atoms with van der Waals surface area (Å²) in [6, 6.07) is 0. The summed E-state index contributed by atoms with van der Waals surface area (Å²) in [4.78, 5) is 14.0. The van der Waals surface area contributed by atoms with Crippen LogP contribution in [0.25, 0.3) is 0 Å². The predicted octanol–water partition coefficient (Wildman–Crippen LogP) is 3.43. The van der Waals surface area contributed by atoms with Crippen molar-refractivity contribution in [3.8, 4) is 0 Å². The quantitative estimate of drug-likeness (QED) is 0.548. The van der Waals surface area contributed by atoms with Gasteiger partial charge in [-0.15, -0.1) is 0 Å². The Morgan fingerprint density at radius 2 is 1.78 bits per heavy atom. The Kier molecular flexibility index (Phi) is 9.56. The third-order valence-corrected chi connectivity index (χ3v) is 4.18. The van der Waals surface area contributed by atoms with Gasteiger partial charge in [-0.3, -0.25) is 0 Å². The molecule has 0 aromatic carbocycles. The van der Waals surface area contributed by atoms with Gasteiger partial charge in [0.05, 0.1) is 6.61 Å². The van der Waals surface area contributed by atoms with Crippen LogP contribution in [-0.4, -0.2) is 56.5 Å². The molecule has 1 amide bonds. The lowest BCUT2D eigenvalue weighted by Crippen LogP contribution is -2.42. The van der Waals surface area contributed by atoms with Gasteiger partial charge >= 0.3 is 6.09 Å². The average Bonchev–Trinajstić information content (AvgIpc) is 2.73. The molecule has 136 valence electrons. The molecule has 5 nitrogen and oxygen atoms in total. The lowest BCUT2D eigenvalue weighted by Gasteiger charge is -2.27. The third-order valence-electron chi connectivity index (χ3n) is 4.18. The van der Waals surface area contributed by atoms with Crippen molar-refractivity contribution in [3.63, 3.8) is 0 Å². The van der Waals surface area contributed by atoms with E-state index in [1.165, 1.54) is 38.5 Å². The molecule has 0 heterocycles. The Balaban J connectivity index is 2.30. The molecule has 23 heavy (non-hydrogen) atoms. The fourth-order valence-corrected chi connectivity index (χ4v) is 2.91. The van der Waals surface area contributed by atoms with E-state index in [0.29, 0.717) is 19.7 Å². The second-order valence-corrected chi connectivity index (χ2v) is 7.52. The van der Waals surface area contributed by atoms with E-state index in [2.05, 4.69) is 5.32 Å². The first-order valence-corrected chi connectivity index (χ1v) is 9.10. The zero-order valence-corrected chi connectivity index (χ0v) is 15.5. The van der Waals surface area contributed by atoms with Crippen molar-refractivity contribution >= 4 is 6.09 Å². The standard InChI is InChI=1S/C18H36N2O3/c1-18(2,3)23-17(21)20(13-14-22-4)12-11-19-15-16-9-7-5-6-8-10-16/h16,19H,5-15H2,1-4H3. The first kappa shape index (κ1) is 20.2. The largest absolute Gasteiger partial charge is 0.444 e. The van der Waals surface area contributed by atoms with Crippen LogP contribution >= 0.6 is 0 Å². The van der Waals surface area contributed by atoms with Crippen LogP contribution in [-0.2, 0) is 9.47 Å². The van der Waals surface area contributed by atoms with Gasteiger partial charge in [-0.2, -0.15) is 0 Å². The van der Waals surface area contributed by atoms with Crippen molar-refractivity contribution in [1.29, 1.82) is 0 Å². The van der Waals surface area contributed by atoms with Crippen LogP contribution in [0, 0.1) is 5.92 Å². The molecule has 0 aromatic heterocycles. The Labute approximate surface area is 142 Å². The summed E-state index contributed by atoms with van der Waals surface area (Å²) in [5.74, 6) is 0.798. The van der Waals surface area contributed by atoms with Gasteiger partial charge in [0.15, 0.2) is 0 Å². The molecule has 1 saturated carbocycles. The number of rotatable bonds is 8. The van der Waals surface area contributed by atoms with Gasteiger partial charge < -0.3 is 19.7 Å². The number of carbonyl (C=O) groups excluding carboxylic acids is 1. The van der Waals surface area contributed by atoms with Crippen molar-refractivity contribution in [2.24, 2.45) is 5.92 Å². The lowest BCUT2D eigenvalue weighted by atomic mass is 10.0. The Hall–Kier alpha value is -0.810. The molecule has 0 atom stereocenters. The molecular formula is C18H36N2O3. The van der Waals surface area contributed by atoms with E-state index in [9.17, 15) is 4.79 Å². The first-order valence-electron chi connectivity index (χ1n) is 9.10. The van der Waals surface area contributed by atoms with Crippen molar-refractivity contribution in [2.45, 2.75) is 64.9 Å². The molecule has 0 bridgehead atoms. The number of amides is 1. The summed E-state index contributed by atoms with van der Waals surface area (Å²) >= 11 is 0. The number of hydrogen-bond acceptors (Lipinski definition) is 4. The lowest BCUT2D eigenvalue weighted by molar-refractivity contribution is 0.0204. The van der Waals surface area contributed by atoms with Crippen molar-refractivity contribution in [2.75, 3.05) is 39.9 Å². The molecule has 0 spiro atoms. The SMILES string of the molecule is COCCN(CCNCC1CCCCCC1)C(=O)OC(C)(C)C. The third kappa shape index (κ3) is 9.82. The highest BCUT2D eigenvalue weighted by molar-refractivity contribution is 5.68. The van der Waals surface area contributed by atoms with Crippen molar-refractivity contribution in [1.82, 2.24) is 10.2 Å². The smallest absolute Gasteiger partial charge is 0.410 e. The minimum atomic E-state index is -0.462. The van der Waals surface area contributed by atoms with Gasteiger partial charge in [-0.1, -0.05) is 25.7 Å². The number of methoxy groups -OCH3 is 1. The van der Waals surface area contributed by atoms with E-state index >= 15 is 0 Å². The predicted molar refractivity (Wildman–Crippen MR) is 93.7 cm³/mol. The molecule has 0 aliphatic heterocycles. The van der Waals surface area contributed by atoms with E-state index in [-0.39, 0.29) is 6.09 Å². The van der Waals surface area contributed by atoms with Gasteiger partial charge in [-0.25, -0.2) is 4.79 Å².